The SMILES string of the molecule is C=C[C@@H]1OC(C)(C)O[C@H]1OC(=O)c1ccccc1. The Bertz CT molecular complexity index is 438. The molecule has 0 N–H and O–H groups in total. The smallest absolute Gasteiger partial charge is 0.340 e. The van der Waals surface area contributed by atoms with E-state index in [1.54, 1.807) is 44.2 Å². The zero-order valence-electron chi connectivity index (χ0n) is 10.5. The van der Waals surface area contributed by atoms with Crippen molar-refractivity contribution in [1.29, 1.82) is 0 Å². The fraction of sp³-hybridized carbons (Fsp3) is 0.357. The van der Waals surface area contributed by atoms with Crippen LogP contribution >= 0.6 is 0 Å². The molecule has 0 aromatic heterocycles. The number of esters is 1. The van der Waals surface area contributed by atoms with E-state index in [0.717, 1.165) is 0 Å². The molecule has 0 spiro atoms. The average molecular weight is 248 g/mol. The van der Waals surface area contributed by atoms with E-state index in [1.165, 1.54) is 0 Å². The summed E-state index contributed by atoms with van der Waals surface area (Å²) in [5.74, 6) is -1.21. The first-order valence-electron chi connectivity index (χ1n) is 5.76. The molecule has 1 aliphatic heterocycles. The van der Waals surface area contributed by atoms with Crippen LogP contribution in [0.3, 0.4) is 0 Å². The third-order valence-electron chi connectivity index (χ3n) is 2.55. The highest BCUT2D eigenvalue weighted by Gasteiger charge is 2.42. The average Bonchev–Trinajstić information content (AvgIpc) is 2.65. The van der Waals surface area contributed by atoms with E-state index in [0.29, 0.717) is 5.56 Å². The highest BCUT2D eigenvalue weighted by Crippen LogP contribution is 2.29. The Balaban J connectivity index is 2.05. The van der Waals surface area contributed by atoms with E-state index in [9.17, 15) is 4.79 Å². The highest BCUT2D eigenvalue weighted by atomic mass is 16.8. The van der Waals surface area contributed by atoms with Crippen LogP contribution in [0.5, 0.6) is 0 Å². The van der Waals surface area contributed by atoms with Crippen LogP contribution in [-0.2, 0) is 14.2 Å². The van der Waals surface area contributed by atoms with E-state index < -0.39 is 24.2 Å². The quantitative estimate of drug-likeness (QED) is 0.609. The summed E-state index contributed by atoms with van der Waals surface area (Å²) in [7, 11) is 0. The predicted octanol–water partition coefficient (Wildman–Crippen LogP) is 2.51. The van der Waals surface area contributed by atoms with Crippen LogP contribution < -0.4 is 0 Å². The number of carbonyl (C=O) groups excluding carboxylic acids is 1. The Morgan fingerprint density at radius 1 is 1.33 bits per heavy atom. The standard InChI is InChI=1S/C14H16O4/c1-4-11-13(18-14(2,3)17-11)16-12(15)10-8-6-5-7-9-10/h4-9,11,13H,1H2,2-3H3/t11-,13+/m0/s1. The number of rotatable bonds is 3. The number of benzene rings is 1. The van der Waals surface area contributed by atoms with Crippen LogP contribution in [0.4, 0.5) is 0 Å². The number of hydrogen-bond acceptors (Lipinski definition) is 4. The van der Waals surface area contributed by atoms with E-state index in [-0.39, 0.29) is 0 Å². The third-order valence-corrected chi connectivity index (χ3v) is 2.55. The Hall–Kier alpha value is -1.65. The van der Waals surface area contributed by atoms with Crippen molar-refractivity contribution >= 4 is 5.97 Å². The molecule has 0 unspecified atom stereocenters. The van der Waals surface area contributed by atoms with Gasteiger partial charge in [-0.15, -0.1) is 6.58 Å². The van der Waals surface area contributed by atoms with Gasteiger partial charge in [0.15, 0.2) is 5.79 Å². The summed E-state index contributed by atoms with van der Waals surface area (Å²) in [5.41, 5.74) is 0.480. The van der Waals surface area contributed by atoms with Crippen molar-refractivity contribution in [3.63, 3.8) is 0 Å². The monoisotopic (exact) mass is 248 g/mol. The largest absolute Gasteiger partial charge is 0.429 e. The van der Waals surface area contributed by atoms with Crippen LogP contribution in [0.1, 0.15) is 24.2 Å². The fourth-order valence-corrected chi connectivity index (χ4v) is 1.76. The summed E-state index contributed by atoms with van der Waals surface area (Å²) in [5, 5.41) is 0. The maximum Gasteiger partial charge on any atom is 0.340 e. The fourth-order valence-electron chi connectivity index (χ4n) is 1.76. The molecule has 0 saturated carbocycles. The lowest BCUT2D eigenvalue weighted by Crippen LogP contribution is -2.27. The first-order chi connectivity index (χ1) is 8.52. The van der Waals surface area contributed by atoms with Gasteiger partial charge in [-0.1, -0.05) is 24.3 Å². The van der Waals surface area contributed by atoms with E-state index in [1.807, 2.05) is 6.07 Å². The molecule has 1 aromatic rings. The van der Waals surface area contributed by atoms with Crippen LogP contribution in [0, 0.1) is 0 Å². The van der Waals surface area contributed by atoms with Crippen LogP contribution in [0.15, 0.2) is 43.0 Å². The molecule has 2 rings (SSSR count). The van der Waals surface area contributed by atoms with Gasteiger partial charge in [-0.25, -0.2) is 4.79 Å². The molecule has 0 bridgehead atoms. The molecule has 1 fully saturated rings. The number of ether oxygens (including phenoxy) is 3. The minimum absolute atomic E-state index is 0.436. The molecule has 1 aliphatic rings. The number of hydrogen-bond donors (Lipinski definition) is 0. The second-order valence-corrected chi connectivity index (χ2v) is 4.48. The van der Waals surface area contributed by atoms with Gasteiger partial charge in [0.1, 0.15) is 6.10 Å². The first kappa shape index (κ1) is 12.8. The Morgan fingerprint density at radius 3 is 2.61 bits per heavy atom. The number of carbonyl (C=O) groups is 1. The molecule has 1 aromatic carbocycles. The molecule has 0 aliphatic carbocycles. The summed E-state index contributed by atoms with van der Waals surface area (Å²) in [6.45, 7) is 7.17. The van der Waals surface area contributed by atoms with Gasteiger partial charge < -0.3 is 14.2 Å². The van der Waals surface area contributed by atoms with Gasteiger partial charge in [0.25, 0.3) is 0 Å². The van der Waals surface area contributed by atoms with Crippen molar-refractivity contribution in [2.45, 2.75) is 32.0 Å². The molecule has 0 amide bonds. The summed E-state index contributed by atoms with van der Waals surface area (Å²) in [6.07, 6.45) is 0.357. The second-order valence-electron chi connectivity index (χ2n) is 4.48. The third kappa shape index (κ3) is 2.78. The molecule has 4 heteroatoms. The van der Waals surface area contributed by atoms with Gasteiger partial charge in [0.05, 0.1) is 5.56 Å². The Morgan fingerprint density at radius 2 is 2.00 bits per heavy atom. The molecule has 18 heavy (non-hydrogen) atoms. The summed E-state index contributed by atoms with van der Waals surface area (Å²) < 4.78 is 16.3. The molecule has 1 heterocycles. The lowest BCUT2D eigenvalue weighted by atomic mass is 10.2. The molecular weight excluding hydrogens is 232 g/mol. The lowest BCUT2D eigenvalue weighted by molar-refractivity contribution is -0.175. The summed E-state index contributed by atoms with van der Waals surface area (Å²) >= 11 is 0. The van der Waals surface area contributed by atoms with Crippen molar-refractivity contribution in [3.8, 4) is 0 Å². The summed E-state index contributed by atoms with van der Waals surface area (Å²) in [4.78, 5) is 11.9. The van der Waals surface area contributed by atoms with Gasteiger partial charge in [-0.05, 0) is 26.0 Å². The van der Waals surface area contributed by atoms with Gasteiger partial charge in [0, 0.05) is 0 Å². The zero-order valence-corrected chi connectivity index (χ0v) is 10.5. The Labute approximate surface area is 106 Å². The maximum absolute atomic E-state index is 11.9. The molecule has 96 valence electrons. The molecule has 0 radical (unpaired) electrons. The van der Waals surface area contributed by atoms with Crippen molar-refractivity contribution < 1.29 is 19.0 Å². The van der Waals surface area contributed by atoms with E-state index in [2.05, 4.69) is 6.58 Å². The van der Waals surface area contributed by atoms with Crippen molar-refractivity contribution in [2.75, 3.05) is 0 Å². The first-order valence-corrected chi connectivity index (χ1v) is 5.76. The molecule has 4 nitrogen and oxygen atoms in total. The van der Waals surface area contributed by atoms with Crippen LogP contribution in [0.25, 0.3) is 0 Å². The second kappa shape index (κ2) is 4.92. The Kier molecular flexibility index (Phi) is 3.50. The van der Waals surface area contributed by atoms with Gasteiger partial charge in [-0.3, -0.25) is 0 Å². The van der Waals surface area contributed by atoms with Gasteiger partial charge in [-0.2, -0.15) is 0 Å². The lowest BCUT2D eigenvalue weighted by Gasteiger charge is -2.16. The van der Waals surface area contributed by atoms with Crippen molar-refractivity contribution in [1.82, 2.24) is 0 Å². The topological polar surface area (TPSA) is 44.8 Å². The van der Waals surface area contributed by atoms with E-state index >= 15 is 0 Å². The van der Waals surface area contributed by atoms with Crippen molar-refractivity contribution in [3.05, 3.63) is 48.6 Å². The summed E-state index contributed by atoms with van der Waals surface area (Å²) in [6, 6.07) is 8.76. The van der Waals surface area contributed by atoms with Gasteiger partial charge >= 0.3 is 5.97 Å². The maximum atomic E-state index is 11.9. The highest BCUT2D eigenvalue weighted by molar-refractivity contribution is 5.89. The molecule has 2 atom stereocenters. The zero-order chi connectivity index (χ0) is 13.2. The molecule has 1 saturated heterocycles. The van der Waals surface area contributed by atoms with Crippen LogP contribution in [-0.4, -0.2) is 24.2 Å². The van der Waals surface area contributed by atoms with E-state index in [4.69, 9.17) is 14.2 Å². The van der Waals surface area contributed by atoms with Crippen LogP contribution in [0.2, 0.25) is 0 Å². The predicted molar refractivity (Wildman–Crippen MR) is 65.9 cm³/mol. The molecular formula is C14H16O4. The van der Waals surface area contributed by atoms with Crippen molar-refractivity contribution in [2.24, 2.45) is 0 Å². The minimum atomic E-state index is -0.777. The van der Waals surface area contributed by atoms with Gasteiger partial charge in [0.2, 0.25) is 6.29 Å². The minimum Gasteiger partial charge on any atom is -0.429 e. The normalized spacial score (nSPS) is 25.7.